The summed E-state index contributed by atoms with van der Waals surface area (Å²) in [6.45, 7) is 6.96. The molecule has 1 aliphatic rings. The standard InChI is InChI=1S/C23H28N4O.HI/c1-2-25-23(26-15-20-10-8-19(14-24)9-11-20)27-13-12-22(16-27)18-28-17-21-6-4-3-5-7-21;/h3-11,22H,2,12-13,15-18H2,1H3,(H,25,26);1H. The molecule has 2 aromatic carbocycles. The Bertz CT molecular complexity index is 802. The fourth-order valence-corrected chi connectivity index (χ4v) is 3.36. The van der Waals surface area contributed by atoms with Crippen molar-refractivity contribution >= 4 is 29.9 Å². The number of nitrogens with zero attached hydrogens (tertiary/aromatic N) is 3. The molecule has 1 heterocycles. The molecule has 1 saturated heterocycles. The van der Waals surface area contributed by atoms with Gasteiger partial charge in [-0.15, -0.1) is 24.0 Å². The van der Waals surface area contributed by atoms with Crippen molar-refractivity contribution in [3.8, 4) is 6.07 Å². The first-order valence-electron chi connectivity index (χ1n) is 9.92. The number of ether oxygens (including phenoxy) is 1. The zero-order valence-electron chi connectivity index (χ0n) is 16.9. The number of nitrogens with one attached hydrogen (secondary N) is 1. The molecule has 1 fully saturated rings. The Morgan fingerprint density at radius 1 is 1.17 bits per heavy atom. The van der Waals surface area contributed by atoms with E-state index < -0.39 is 0 Å². The number of halogens is 1. The third-order valence-corrected chi connectivity index (χ3v) is 4.88. The van der Waals surface area contributed by atoms with Crippen LogP contribution in [0.2, 0.25) is 0 Å². The molecular weight excluding hydrogens is 475 g/mol. The second-order valence-corrected chi connectivity index (χ2v) is 7.08. The van der Waals surface area contributed by atoms with Gasteiger partial charge in [0.15, 0.2) is 5.96 Å². The van der Waals surface area contributed by atoms with Crippen LogP contribution in [0, 0.1) is 17.2 Å². The molecule has 1 aliphatic heterocycles. The molecule has 0 aliphatic carbocycles. The van der Waals surface area contributed by atoms with Crippen molar-refractivity contribution in [1.29, 1.82) is 5.26 Å². The van der Waals surface area contributed by atoms with E-state index in [1.54, 1.807) is 0 Å². The summed E-state index contributed by atoms with van der Waals surface area (Å²) < 4.78 is 5.93. The monoisotopic (exact) mass is 504 g/mol. The van der Waals surface area contributed by atoms with Crippen LogP contribution in [0.3, 0.4) is 0 Å². The minimum atomic E-state index is 0. The molecule has 2 aromatic rings. The summed E-state index contributed by atoms with van der Waals surface area (Å²) >= 11 is 0. The quantitative estimate of drug-likeness (QED) is 0.349. The van der Waals surface area contributed by atoms with Crippen LogP contribution in [-0.2, 0) is 17.9 Å². The maximum Gasteiger partial charge on any atom is 0.194 e. The normalized spacial score (nSPS) is 16.2. The third-order valence-electron chi connectivity index (χ3n) is 4.88. The van der Waals surface area contributed by atoms with E-state index in [0.717, 1.165) is 44.2 Å². The van der Waals surface area contributed by atoms with Crippen molar-refractivity contribution < 1.29 is 4.74 Å². The number of hydrogen-bond acceptors (Lipinski definition) is 3. The maximum absolute atomic E-state index is 8.91. The van der Waals surface area contributed by atoms with E-state index in [2.05, 4.69) is 35.3 Å². The van der Waals surface area contributed by atoms with Gasteiger partial charge in [0, 0.05) is 25.6 Å². The Hall–Kier alpha value is -2.11. The van der Waals surface area contributed by atoms with E-state index in [4.69, 9.17) is 15.0 Å². The Morgan fingerprint density at radius 3 is 2.62 bits per heavy atom. The van der Waals surface area contributed by atoms with Gasteiger partial charge in [-0.2, -0.15) is 5.26 Å². The molecule has 0 saturated carbocycles. The van der Waals surface area contributed by atoms with Crippen LogP contribution >= 0.6 is 24.0 Å². The van der Waals surface area contributed by atoms with E-state index in [9.17, 15) is 0 Å². The number of hydrogen-bond donors (Lipinski definition) is 1. The average Bonchev–Trinajstić information content (AvgIpc) is 3.21. The van der Waals surface area contributed by atoms with Gasteiger partial charge >= 0.3 is 0 Å². The van der Waals surface area contributed by atoms with Gasteiger partial charge in [-0.3, -0.25) is 0 Å². The van der Waals surface area contributed by atoms with Crippen molar-refractivity contribution in [2.45, 2.75) is 26.5 Å². The fraction of sp³-hybridized carbons (Fsp3) is 0.391. The van der Waals surface area contributed by atoms with Crippen LogP contribution in [0.15, 0.2) is 59.6 Å². The molecule has 0 radical (unpaired) electrons. The molecule has 0 aromatic heterocycles. The lowest BCUT2D eigenvalue weighted by Crippen LogP contribution is -2.40. The summed E-state index contributed by atoms with van der Waals surface area (Å²) in [5.74, 6) is 1.49. The number of guanidine groups is 1. The van der Waals surface area contributed by atoms with Gasteiger partial charge < -0.3 is 15.0 Å². The predicted octanol–water partition coefficient (Wildman–Crippen LogP) is 4.18. The Balaban J connectivity index is 0.00000300. The van der Waals surface area contributed by atoms with Gasteiger partial charge in [0.05, 0.1) is 31.4 Å². The molecule has 6 heteroatoms. The summed E-state index contributed by atoms with van der Waals surface area (Å²) in [6, 6.07) is 20.1. The summed E-state index contributed by atoms with van der Waals surface area (Å²) in [4.78, 5) is 7.11. The van der Waals surface area contributed by atoms with E-state index in [0.29, 0.717) is 24.6 Å². The number of nitriles is 1. The molecule has 154 valence electrons. The first kappa shape index (κ1) is 23.2. The minimum absolute atomic E-state index is 0. The summed E-state index contributed by atoms with van der Waals surface area (Å²) in [5.41, 5.74) is 3.00. The number of likely N-dealkylation sites (tertiary alicyclic amines) is 1. The summed E-state index contributed by atoms with van der Waals surface area (Å²) in [5, 5.41) is 12.3. The summed E-state index contributed by atoms with van der Waals surface area (Å²) in [6.07, 6.45) is 1.12. The van der Waals surface area contributed by atoms with E-state index in [-0.39, 0.29) is 24.0 Å². The van der Waals surface area contributed by atoms with Gasteiger partial charge in [-0.1, -0.05) is 42.5 Å². The number of aliphatic imine (C=N–C) groups is 1. The Labute approximate surface area is 190 Å². The second kappa shape index (κ2) is 12.5. The van der Waals surface area contributed by atoms with Crippen LogP contribution in [0.4, 0.5) is 0 Å². The molecule has 1 N–H and O–H groups in total. The Kier molecular flexibility index (Phi) is 9.95. The van der Waals surface area contributed by atoms with Crippen molar-refractivity contribution in [2.24, 2.45) is 10.9 Å². The molecule has 1 unspecified atom stereocenters. The lowest BCUT2D eigenvalue weighted by Gasteiger charge is -2.21. The molecule has 5 nitrogen and oxygen atoms in total. The van der Waals surface area contributed by atoms with Crippen LogP contribution < -0.4 is 5.32 Å². The molecule has 0 spiro atoms. The highest BCUT2D eigenvalue weighted by atomic mass is 127. The zero-order valence-corrected chi connectivity index (χ0v) is 19.2. The largest absolute Gasteiger partial charge is 0.376 e. The number of benzene rings is 2. The first-order chi connectivity index (χ1) is 13.8. The number of rotatable bonds is 7. The SMILES string of the molecule is CCNC(=NCc1ccc(C#N)cc1)N1CCC(COCc2ccccc2)C1.I. The van der Waals surface area contributed by atoms with E-state index in [1.807, 2.05) is 42.5 Å². The first-order valence-corrected chi connectivity index (χ1v) is 9.92. The third kappa shape index (κ3) is 7.33. The van der Waals surface area contributed by atoms with Gasteiger partial charge in [0.25, 0.3) is 0 Å². The topological polar surface area (TPSA) is 60.7 Å². The van der Waals surface area contributed by atoms with Crippen LogP contribution in [-0.4, -0.2) is 37.1 Å². The Morgan fingerprint density at radius 2 is 1.93 bits per heavy atom. The van der Waals surface area contributed by atoms with Gasteiger partial charge in [-0.05, 0) is 36.6 Å². The molecule has 0 amide bonds. The lowest BCUT2D eigenvalue weighted by atomic mass is 10.1. The maximum atomic E-state index is 8.91. The average molecular weight is 504 g/mol. The van der Waals surface area contributed by atoms with Crippen molar-refractivity contribution in [1.82, 2.24) is 10.2 Å². The fourth-order valence-electron chi connectivity index (χ4n) is 3.36. The second-order valence-electron chi connectivity index (χ2n) is 7.08. The zero-order chi connectivity index (χ0) is 19.6. The lowest BCUT2D eigenvalue weighted by molar-refractivity contribution is 0.0906. The van der Waals surface area contributed by atoms with Crippen molar-refractivity contribution in [3.63, 3.8) is 0 Å². The molecule has 0 bridgehead atoms. The van der Waals surface area contributed by atoms with Crippen LogP contribution in [0.25, 0.3) is 0 Å². The minimum Gasteiger partial charge on any atom is -0.376 e. The highest BCUT2D eigenvalue weighted by molar-refractivity contribution is 14.0. The predicted molar refractivity (Wildman–Crippen MR) is 127 cm³/mol. The molecular formula is C23H29IN4O. The summed E-state index contributed by atoms with van der Waals surface area (Å²) in [7, 11) is 0. The van der Waals surface area contributed by atoms with Crippen LogP contribution in [0.1, 0.15) is 30.0 Å². The highest BCUT2D eigenvalue weighted by Gasteiger charge is 2.25. The van der Waals surface area contributed by atoms with Gasteiger partial charge in [0.2, 0.25) is 0 Å². The van der Waals surface area contributed by atoms with Gasteiger partial charge in [0.1, 0.15) is 0 Å². The van der Waals surface area contributed by atoms with E-state index in [1.165, 1.54) is 5.56 Å². The smallest absolute Gasteiger partial charge is 0.194 e. The molecule has 3 rings (SSSR count). The molecule has 1 atom stereocenters. The van der Waals surface area contributed by atoms with Crippen molar-refractivity contribution in [2.75, 3.05) is 26.2 Å². The van der Waals surface area contributed by atoms with E-state index >= 15 is 0 Å². The van der Waals surface area contributed by atoms with Crippen molar-refractivity contribution in [3.05, 3.63) is 71.3 Å². The van der Waals surface area contributed by atoms with Gasteiger partial charge in [-0.25, -0.2) is 4.99 Å². The highest BCUT2D eigenvalue weighted by Crippen LogP contribution is 2.18. The molecule has 29 heavy (non-hydrogen) atoms. The van der Waals surface area contributed by atoms with Crippen LogP contribution in [0.5, 0.6) is 0 Å².